The molecule has 0 saturated carbocycles. The third kappa shape index (κ3) is 5.13. The molecule has 22 heavy (non-hydrogen) atoms. The van der Waals surface area contributed by atoms with Crippen LogP contribution in [0.5, 0.6) is 0 Å². The number of benzene rings is 1. The molecule has 1 fully saturated rings. The zero-order valence-corrected chi connectivity index (χ0v) is 14.1. The first kappa shape index (κ1) is 17.0. The van der Waals surface area contributed by atoms with Gasteiger partial charge in [-0.2, -0.15) is 0 Å². The van der Waals surface area contributed by atoms with E-state index in [1.54, 1.807) is 0 Å². The molecule has 2 rings (SSSR count). The van der Waals surface area contributed by atoms with E-state index in [1.807, 2.05) is 0 Å². The number of aryl methyl sites for hydroxylation is 2. The molecule has 1 aliphatic rings. The minimum absolute atomic E-state index is 0.348. The summed E-state index contributed by atoms with van der Waals surface area (Å²) in [5.41, 5.74) is 2.63. The molecule has 1 saturated heterocycles. The van der Waals surface area contributed by atoms with E-state index in [0.717, 1.165) is 51.7 Å². The van der Waals surface area contributed by atoms with Crippen LogP contribution in [0.1, 0.15) is 50.2 Å². The molecule has 0 atom stereocenters. The molecule has 1 aromatic carbocycles. The van der Waals surface area contributed by atoms with Gasteiger partial charge < -0.3 is 10.2 Å². The van der Waals surface area contributed by atoms with Gasteiger partial charge in [0.2, 0.25) is 5.91 Å². The Bertz CT molecular complexity index is 449. The van der Waals surface area contributed by atoms with Crippen LogP contribution in [0.25, 0.3) is 0 Å². The molecule has 0 spiro atoms. The molecule has 0 aromatic heterocycles. The Morgan fingerprint density at radius 1 is 1.23 bits per heavy atom. The van der Waals surface area contributed by atoms with Crippen LogP contribution in [0.2, 0.25) is 0 Å². The lowest BCUT2D eigenvalue weighted by atomic mass is 10.0. The first-order valence-corrected chi connectivity index (χ1v) is 8.76. The van der Waals surface area contributed by atoms with Crippen molar-refractivity contribution < 1.29 is 4.79 Å². The zero-order chi connectivity index (χ0) is 15.8. The Kier molecular flexibility index (Phi) is 6.91. The molecule has 1 aliphatic heterocycles. The van der Waals surface area contributed by atoms with Crippen molar-refractivity contribution in [3.63, 3.8) is 0 Å². The quantitative estimate of drug-likeness (QED) is 0.838. The Morgan fingerprint density at radius 3 is 2.55 bits per heavy atom. The van der Waals surface area contributed by atoms with Gasteiger partial charge in [0.15, 0.2) is 0 Å². The summed E-state index contributed by atoms with van der Waals surface area (Å²) < 4.78 is 0. The lowest BCUT2D eigenvalue weighted by Crippen LogP contribution is -2.46. The largest absolute Gasteiger partial charge is 0.340 e. The van der Waals surface area contributed by atoms with E-state index in [0.29, 0.717) is 18.4 Å². The third-order valence-corrected chi connectivity index (χ3v) is 4.51. The first-order chi connectivity index (χ1) is 10.7. The van der Waals surface area contributed by atoms with E-state index < -0.39 is 0 Å². The smallest absolute Gasteiger partial charge is 0.222 e. The van der Waals surface area contributed by atoms with Crippen LogP contribution in [0, 0.1) is 6.92 Å². The highest BCUT2D eigenvalue weighted by atomic mass is 16.2. The van der Waals surface area contributed by atoms with Crippen LogP contribution in [0.3, 0.4) is 0 Å². The molecule has 0 radical (unpaired) electrons. The van der Waals surface area contributed by atoms with Gasteiger partial charge >= 0.3 is 0 Å². The lowest BCUT2D eigenvalue weighted by Gasteiger charge is -2.34. The van der Waals surface area contributed by atoms with Crippen LogP contribution in [0.4, 0.5) is 0 Å². The SMILES string of the molecule is CCCN(C(=O)CCCc1ccc(C)cc1)C1CCNCC1. The summed E-state index contributed by atoms with van der Waals surface area (Å²) in [5, 5.41) is 3.38. The van der Waals surface area contributed by atoms with E-state index in [1.165, 1.54) is 11.1 Å². The highest BCUT2D eigenvalue weighted by Gasteiger charge is 2.23. The highest BCUT2D eigenvalue weighted by Crippen LogP contribution is 2.15. The van der Waals surface area contributed by atoms with Gasteiger partial charge in [0.05, 0.1) is 0 Å². The summed E-state index contributed by atoms with van der Waals surface area (Å²) in [6.45, 7) is 7.26. The van der Waals surface area contributed by atoms with Gasteiger partial charge in [-0.15, -0.1) is 0 Å². The first-order valence-electron chi connectivity index (χ1n) is 8.76. The number of nitrogens with zero attached hydrogens (tertiary/aromatic N) is 1. The van der Waals surface area contributed by atoms with Gasteiger partial charge in [0.1, 0.15) is 0 Å². The summed E-state index contributed by atoms with van der Waals surface area (Å²) in [7, 11) is 0. The molecule has 1 N–H and O–H groups in total. The number of carbonyl (C=O) groups is 1. The predicted octanol–water partition coefficient (Wildman–Crippen LogP) is 3.31. The van der Waals surface area contributed by atoms with Crippen LogP contribution < -0.4 is 5.32 Å². The van der Waals surface area contributed by atoms with Crippen molar-refractivity contribution in [1.29, 1.82) is 0 Å². The minimum Gasteiger partial charge on any atom is -0.340 e. The standard InChI is InChI=1S/C19H30N2O/c1-3-15-21(18-11-13-20-14-12-18)19(22)6-4-5-17-9-7-16(2)8-10-17/h7-10,18,20H,3-6,11-15H2,1-2H3. The van der Waals surface area contributed by atoms with Gasteiger partial charge in [-0.25, -0.2) is 0 Å². The number of rotatable bonds is 7. The number of hydrogen-bond donors (Lipinski definition) is 1. The van der Waals surface area contributed by atoms with Crippen molar-refractivity contribution in [3.05, 3.63) is 35.4 Å². The van der Waals surface area contributed by atoms with Gasteiger partial charge in [-0.05, 0) is 57.7 Å². The number of hydrogen-bond acceptors (Lipinski definition) is 2. The number of amides is 1. The molecular weight excluding hydrogens is 272 g/mol. The average molecular weight is 302 g/mol. The fourth-order valence-electron chi connectivity index (χ4n) is 3.21. The molecule has 0 bridgehead atoms. The molecule has 0 aliphatic carbocycles. The van der Waals surface area contributed by atoms with E-state index in [-0.39, 0.29) is 0 Å². The van der Waals surface area contributed by atoms with Crippen LogP contribution in [0.15, 0.2) is 24.3 Å². The second kappa shape index (κ2) is 8.94. The minimum atomic E-state index is 0.348. The number of nitrogens with one attached hydrogen (secondary N) is 1. The maximum atomic E-state index is 12.6. The molecule has 3 heteroatoms. The van der Waals surface area contributed by atoms with Gasteiger partial charge in [-0.3, -0.25) is 4.79 Å². The van der Waals surface area contributed by atoms with Gasteiger partial charge in [0.25, 0.3) is 0 Å². The van der Waals surface area contributed by atoms with Gasteiger partial charge in [0, 0.05) is 19.0 Å². The fourth-order valence-corrected chi connectivity index (χ4v) is 3.21. The van der Waals surface area contributed by atoms with Crippen molar-refractivity contribution in [3.8, 4) is 0 Å². The Hall–Kier alpha value is -1.35. The Morgan fingerprint density at radius 2 is 1.91 bits per heavy atom. The van der Waals surface area contributed by atoms with E-state index in [9.17, 15) is 4.79 Å². The second-order valence-electron chi connectivity index (χ2n) is 6.41. The zero-order valence-electron chi connectivity index (χ0n) is 14.1. The maximum Gasteiger partial charge on any atom is 0.222 e. The molecule has 122 valence electrons. The van der Waals surface area contributed by atoms with Crippen molar-refractivity contribution in [2.24, 2.45) is 0 Å². The maximum absolute atomic E-state index is 12.6. The molecule has 1 heterocycles. The van der Waals surface area contributed by atoms with Crippen molar-refractivity contribution in [2.75, 3.05) is 19.6 Å². The molecule has 0 unspecified atom stereocenters. The molecule has 1 aromatic rings. The summed E-state index contributed by atoms with van der Waals surface area (Å²) >= 11 is 0. The summed E-state index contributed by atoms with van der Waals surface area (Å²) in [6, 6.07) is 9.10. The Labute approximate surface area is 135 Å². The Balaban J connectivity index is 1.81. The third-order valence-electron chi connectivity index (χ3n) is 4.51. The second-order valence-corrected chi connectivity index (χ2v) is 6.41. The van der Waals surface area contributed by atoms with Crippen LogP contribution >= 0.6 is 0 Å². The van der Waals surface area contributed by atoms with Crippen LogP contribution in [-0.2, 0) is 11.2 Å². The predicted molar refractivity (Wildman–Crippen MR) is 92.0 cm³/mol. The highest BCUT2D eigenvalue weighted by molar-refractivity contribution is 5.76. The lowest BCUT2D eigenvalue weighted by molar-refractivity contribution is -0.134. The van der Waals surface area contributed by atoms with E-state index >= 15 is 0 Å². The summed E-state index contributed by atoms with van der Waals surface area (Å²) in [5.74, 6) is 0.348. The van der Waals surface area contributed by atoms with Crippen molar-refractivity contribution >= 4 is 5.91 Å². The van der Waals surface area contributed by atoms with E-state index in [4.69, 9.17) is 0 Å². The number of piperidine rings is 1. The topological polar surface area (TPSA) is 32.3 Å². The molecule has 3 nitrogen and oxygen atoms in total. The van der Waals surface area contributed by atoms with Gasteiger partial charge in [-0.1, -0.05) is 36.8 Å². The monoisotopic (exact) mass is 302 g/mol. The molecule has 1 amide bonds. The molecular formula is C19H30N2O. The summed E-state index contributed by atoms with van der Waals surface area (Å²) in [4.78, 5) is 14.7. The normalized spacial score (nSPS) is 15.7. The van der Waals surface area contributed by atoms with Crippen molar-refractivity contribution in [1.82, 2.24) is 10.2 Å². The van der Waals surface area contributed by atoms with Crippen molar-refractivity contribution in [2.45, 2.75) is 58.4 Å². The summed E-state index contributed by atoms with van der Waals surface area (Å²) in [6.07, 6.45) is 5.88. The fraction of sp³-hybridized carbons (Fsp3) is 0.632. The van der Waals surface area contributed by atoms with E-state index in [2.05, 4.69) is 48.3 Å². The average Bonchev–Trinajstić information content (AvgIpc) is 2.55. The number of carbonyl (C=O) groups excluding carboxylic acids is 1. The van der Waals surface area contributed by atoms with Crippen LogP contribution in [-0.4, -0.2) is 36.5 Å².